The van der Waals surface area contributed by atoms with E-state index >= 15 is 0 Å². The van der Waals surface area contributed by atoms with Crippen LogP contribution in [0.4, 0.5) is 5.69 Å². The van der Waals surface area contributed by atoms with Crippen LogP contribution in [0.15, 0.2) is 29.3 Å². The van der Waals surface area contributed by atoms with Gasteiger partial charge < -0.3 is 5.32 Å². The van der Waals surface area contributed by atoms with Crippen LogP contribution in [0.5, 0.6) is 0 Å². The Morgan fingerprint density at radius 3 is 2.50 bits per heavy atom. The molecule has 1 N–H and O–H groups in total. The summed E-state index contributed by atoms with van der Waals surface area (Å²) in [6.07, 6.45) is 1.74. The van der Waals surface area contributed by atoms with E-state index in [1.165, 1.54) is 0 Å². The molecule has 3 heteroatoms. The van der Waals surface area contributed by atoms with Gasteiger partial charge in [-0.15, -0.1) is 0 Å². The van der Waals surface area contributed by atoms with E-state index in [1.807, 2.05) is 38.1 Å². The van der Waals surface area contributed by atoms with Gasteiger partial charge in [-0.3, -0.25) is 9.79 Å². The van der Waals surface area contributed by atoms with E-state index in [9.17, 15) is 4.79 Å². The van der Waals surface area contributed by atoms with Crippen molar-refractivity contribution < 1.29 is 4.79 Å². The van der Waals surface area contributed by atoms with Crippen molar-refractivity contribution in [1.29, 1.82) is 0 Å². The minimum atomic E-state index is -0.682. The largest absolute Gasteiger partial charge is 0.323 e. The summed E-state index contributed by atoms with van der Waals surface area (Å²) in [6.45, 7) is 7.59. The van der Waals surface area contributed by atoms with Gasteiger partial charge >= 0.3 is 0 Å². The Labute approximate surface area is 96.6 Å². The number of amides is 1. The minimum Gasteiger partial charge on any atom is -0.323 e. The zero-order valence-corrected chi connectivity index (χ0v) is 10.2. The summed E-state index contributed by atoms with van der Waals surface area (Å²) in [4.78, 5) is 15.9. The number of hydrogen-bond donors (Lipinski definition) is 1. The summed E-state index contributed by atoms with van der Waals surface area (Å²) in [6, 6.07) is 7.63. The van der Waals surface area contributed by atoms with E-state index in [4.69, 9.17) is 0 Å². The monoisotopic (exact) mass is 218 g/mol. The van der Waals surface area contributed by atoms with Crippen molar-refractivity contribution in [3.8, 4) is 0 Å². The van der Waals surface area contributed by atoms with Gasteiger partial charge in [0.1, 0.15) is 5.54 Å². The fraction of sp³-hybridized carbons (Fsp3) is 0.385. The van der Waals surface area contributed by atoms with Gasteiger partial charge in [-0.1, -0.05) is 32.0 Å². The standard InChI is InChI=1S/C11H12N2O.C2H6/c1-11(2)10(14)13-9-6-4-3-5-8(9)7-12-11;1-2/h3-7H,1-2H3,(H,13,14);1-2H3. The molecule has 0 saturated carbocycles. The lowest BCUT2D eigenvalue weighted by Gasteiger charge is -2.15. The van der Waals surface area contributed by atoms with Crippen LogP contribution >= 0.6 is 0 Å². The second-order valence-corrected chi connectivity index (χ2v) is 3.86. The number of nitrogens with zero attached hydrogens (tertiary/aromatic N) is 1. The van der Waals surface area contributed by atoms with Crippen LogP contribution in [-0.2, 0) is 4.79 Å². The number of para-hydroxylation sites is 1. The lowest BCUT2D eigenvalue weighted by molar-refractivity contribution is -0.119. The van der Waals surface area contributed by atoms with Gasteiger partial charge in [0.05, 0.1) is 0 Å². The number of rotatable bonds is 0. The highest BCUT2D eigenvalue weighted by Gasteiger charge is 2.28. The summed E-state index contributed by atoms with van der Waals surface area (Å²) < 4.78 is 0. The van der Waals surface area contributed by atoms with Crippen molar-refractivity contribution in [3.63, 3.8) is 0 Å². The quantitative estimate of drug-likeness (QED) is 0.714. The highest BCUT2D eigenvalue weighted by molar-refractivity contribution is 6.05. The number of anilines is 1. The number of nitrogens with one attached hydrogen (secondary N) is 1. The van der Waals surface area contributed by atoms with Gasteiger partial charge in [0.25, 0.3) is 5.91 Å². The maximum absolute atomic E-state index is 11.7. The lowest BCUT2D eigenvalue weighted by atomic mass is 10.1. The topological polar surface area (TPSA) is 41.5 Å². The fourth-order valence-electron chi connectivity index (χ4n) is 1.29. The third-order valence-electron chi connectivity index (χ3n) is 2.29. The van der Waals surface area contributed by atoms with Crippen LogP contribution in [0.1, 0.15) is 33.3 Å². The molecule has 1 aromatic carbocycles. The summed E-state index contributed by atoms with van der Waals surface area (Å²) in [5.74, 6) is -0.0706. The molecule has 0 aliphatic carbocycles. The van der Waals surface area contributed by atoms with Crippen molar-refractivity contribution in [2.45, 2.75) is 33.2 Å². The molecule has 1 aromatic rings. The first-order valence-electron chi connectivity index (χ1n) is 5.55. The number of benzene rings is 1. The molecule has 0 fully saturated rings. The van der Waals surface area contributed by atoms with Crippen LogP contribution in [0.3, 0.4) is 0 Å². The van der Waals surface area contributed by atoms with Crippen molar-refractivity contribution in [2.24, 2.45) is 4.99 Å². The van der Waals surface area contributed by atoms with Gasteiger partial charge in [-0.2, -0.15) is 0 Å². The summed E-state index contributed by atoms with van der Waals surface area (Å²) in [7, 11) is 0. The fourth-order valence-corrected chi connectivity index (χ4v) is 1.29. The second kappa shape index (κ2) is 4.92. The smallest absolute Gasteiger partial charge is 0.251 e. The molecule has 1 heterocycles. The Balaban J connectivity index is 0.000000606. The van der Waals surface area contributed by atoms with E-state index in [0.29, 0.717) is 0 Å². The molecule has 0 spiro atoms. The Morgan fingerprint density at radius 2 is 1.81 bits per heavy atom. The van der Waals surface area contributed by atoms with Gasteiger partial charge in [0, 0.05) is 17.5 Å². The molecule has 86 valence electrons. The summed E-state index contributed by atoms with van der Waals surface area (Å²) in [5, 5.41) is 2.85. The first kappa shape index (κ1) is 12.4. The molecule has 1 aliphatic heterocycles. The van der Waals surface area contributed by atoms with E-state index in [2.05, 4.69) is 10.3 Å². The Bertz CT molecular complexity index is 408. The summed E-state index contributed by atoms with van der Waals surface area (Å²) >= 11 is 0. The highest BCUT2D eigenvalue weighted by Crippen LogP contribution is 2.21. The van der Waals surface area contributed by atoms with Crippen molar-refractivity contribution in [1.82, 2.24) is 0 Å². The minimum absolute atomic E-state index is 0.0706. The molecule has 1 aliphatic rings. The molecule has 0 aromatic heterocycles. The number of benzodiazepines with no additional fused rings is 1. The number of carbonyl (C=O) groups excluding carboxylic acids is 1. The Kier molecular flexibility index (Phi) is 3.82. The third-order valence-corrected chi connectivity index (χ3v) is 2.29. The van der Waals surface area contributed by atoms with Crippen LogP contribution in [-0.4, -0.2) is 17.7 Å². The maximum atomic E-state index is 11.7. The molecule has 3 nitrogen and oxygen atoms in total. The van der Waals surface area contributed by atoms with Crippen LogP contribution in [0.2, 0.25) is 0 Å². The molecule has 0 bridgehead atoms. The number of aliphatic imine (C=N–C) groups is 1. The van der Waals surface area contributed by atoms with Crippen molar-refractivity contribution in [3.05, 3.63) is 29.8 Å². The molecule has 0 atom stereocenters. The van der Waals surface area contributed by atoms with Crippen LogP contribution < -0.4 is 5.32 Å². The Morgan fingerprint density at radius 1 is 1.19 bits per heavy atom. The molecule has 0 unspecified atom stereocenters. The molecule has 1 amide bonds. The number of hydrogen-bond acceptors (Lipinski definition) is 2. The normalized spacial score (nSPS) is 16.4. The van der Waals surface area contributed by atoms with Crippen molar-refractivity contribution >= 4 is 17.8 Å². The first-order valence-corrected chi connectivity index (χ1v) is 5.55. The van der Waals surface area contributed by atoms with Gasteiger partial charge in [0.15, 0.2) is 0 Å². The predicted octanol–water partition coefficient (Wildman–Crippen LogP) is 2.86. The SMILES string of the molecule is CC.CC1(C)N=Cc2ccccc2NC1=O. The predicted molar refractivity (Wildman–Crippen MR) is 68.1 cm³/mol. The van der Waals surface area contributed by atoms with Crippen molar-refractivity contribution in [2.75, 3.05) is 5.32 Å². The van der Waals surface area contributed by atoms with E-state index in [0.717, 1.165) is 11.3 Å². The average molecular weight is 218 g/mol. The molecule has 0 radical (unpaired) electrons. The zero-order chi connectivity index (χ0) is 12.2. The van der Waals surface area contributed by atoms with Gasteiger partial charge in [0.2, 0.25) is 0 Å². The highest BCUT2D eigenvalue weighted by atomic mass is 16.2. The maximum Gasteiger partial charge on any atom is 0.251 e. The molecule has 0 saturated heterocycles. The number of carbonyl (C=O) groups is 1. The van der Waals surface area contributed by atoms with E-state index < -0.39 is 5.54 Å². The Hall–Kier alpha value is -1.64. The average Bonchev–Trinajstić information content (AvgIpc) is 2.40. The van der Waals surface area contributed by atoms with Crippen LogP contribution in [0, 0.1) is 0 Å². The first-order chi connectivity index (χ1) is 7.59. The number of fused-ring (bicyclic) bond motifs is 1. The van der Waals surface area contributed by atoms with E-state index in [1.54, 1.807) is 20.1 Å². The molecule has 16 heavy (non-hydrogen) atoms. The molecular weight excluding hydrogens is 200 g/mol. The second-order valence-electron chi connectivity index (χ2n) is 3.86. The van der Waals surface area contributed by atoms with Gasteiger partial charge in [-0.25, -0.2) is 0 Å². The third kappa shape index (κ3) is 2.48. The zero-order valence-electron chi connectivity index (χ0n) is 10.2. The lowest BCUT2D eigenvalue weighted by Crippen LogP contribution is -2.34. The van der Waals surface area contributed by atoms with Gasteiger partial charge in [-0.05, 0) is 19.9 Å². The van der Waals surface area contributed by atoms with Crippen LogP contribution in [0.25, 0.3) is 0 Å². The molecule has 2 rings (SSSR count). The van der Waals surface area contributed by atoms with E-state index in [-0.39, 0.29) is 5.91 Å². The summed E-state index contributed by atoms with van der Waals surface area (Å²) in [5.41, 5.74) is 1.09. The molecular formula is C13H18N2O.